The van der Waals surface area contributed by atoms with E-state index in [1.165, 1.54) is 12.0 Å². The van der Waals surface area contributed by atoms with Crippen molar-refractivity contribution in [2.75, 3.05) is 20.2 Å². The fraction of sp³-hybridized carbons (Fsp3) is 0.500. The minimum atomic E-state index is -4.26. The van der Waals surface area contributed by atoms with Crippen LogP contribution in [0.3, 0.4) is 0 Å². The lowest BCUT2D eigenvalue weighted by molar-refractivity contribution is -0.184. The van der Waals surface area contributed by atoms with Crippen molar-refractivity contribution in [2.45, 2.75) is 19.0 Å². The summed E-state index contributed by atoms with van der Waals surface area (Å²) in [7, 11) is 1.42. The molecular weight excluding hydrogens is 351 g/mol. The molecule has 1 amide bonds. The van der Waals surface area contributed by atoms with E-state index in [0.717, 1.165) is 4.47 Å². The van der Waals surface area contributed by atoms with Crippen molar-refractivity contribution in [3.8, 4) is 5.75 Å². The van der Waals surface area contributed by atoms with Crippen LogP contribution >= 0.6 is 15.9 Å². The summed E-state index contributed by atoms with van der Waals surface area (Å²) < 4.78 is 44.3. The number of piperidine rings is 1. The first-order valence-corrected chi connectivity index (χ1v) is 7.31. The number of likely N-dealkylation sites (tertiary alicyclic amines) is 1. The van der Waals surface area contributed by atoms with Crippen molar-refractivity contribution in [1.82, 2.24) is 4.90 Å². The van der Waals surface area contributed by atoms with E-state index in [0.29, 0.717) is 18.7 Å². The van der Waals surface area contributed by atoms with Crippen molar-refractivity contribution >= 4 is 21.8 Å². The van der Waals surface area contributed by atoms with E-state index in [1.807, 2.05) is 0 Å². The summed E-state index contributed by atoms with van der Waals surface area (Å²) in [5.41, 5.74) is 0.281. The molecule has 2 rings (SSSR count). The lowest BCUT2D eigenvalue weighted by atomic mass is 9.97. The second-order valence-electron chi connectivity index (χ2n) is 4.98. The molecule has 21 heavy (non-hydrogen) atoms. The van der Waals surface area contributed by atoms with Crippen LogP contribution < -0.4 is 4.74 Å². The molecule has 7 heteroatoms. The van der Waals surface area contributed by atoms with Gasteiger partial charge < -0.3 is 9.64 Å². The van der Waals surface area contributed by atoms with E-state index in [9.17, 15) is 18.0 Å². The molecule has 1 aliphatic rings. The third-order valence-corrected chi connectivity index (χ3v) is 4.06. The first-order chi connectivity index (χ1) is 9.82. The minimum absolute atomic E-state index is 0.0742. The molecule has 0 N–H and O–H groups in total. The van der Waals surface area contributed by atoms with Crippen LogP contribution in [-0.2, 0) is 0 Å². The van der Waals surface area contributed by atoms with Crippen molar-refractivity contribution in [1.29, 1.82) is 0 Å². The lowest BCUT2D eigenvalue weighted by Crippen LogP contribution is -2.44. The molecule has 1 saturated heterocycles. The van der Waals surface area contributed by atoms with Crippen LogP contribution in [0.15, 0.2) is 22.7 Å². The fourth-order valence-electron chi connectivity index (χ4n) is 2.44. The number of amides is 1. The van der Waals surface area contributed by atoms with Gasteiger partial charge in [0.2, 0.25) is 0 Å². The number of carbonyl (C=O) groups excluding carboxylic acids is 1. The van der Waals surface area contributed by atoms with Crippen LogP contribution in [0.2, 0.25) is 0 Å². The number of hydrogen-bond acceptors (Lipinski definition) is 2. The Balaban J connectivity index is 2.20. The quantitative estimate of drug-likeness (QED) is 0.795. The van der Waals surface area contributed by atoms with Crippen molar-refractivity contribution in [3.05, 3.63) is 28.2 Å². The van der Waals surface area contributed by atoms with E-state index in [2.05, 4.69) is 15.9 Å². The monoisotopic (exact) mass is 365 g/mol. The van der Waals surface area contributed by atoms with Crippen LogP contribution in [0.5, 0.6) is 5.75 Å². The number of alkyl halides is 3. The van der Waals surface area contributed by atoms with Crippen LogP contribution in [0.25, 0.3) is 0 Å². The summed E-state index contributed by atoms with van der Waals surface area (Å²) in [5, 5.41) is 0. The zero-order valence-electron chi connectivity index (χ0n) is 11.4. The van der Waals surface area contributed by atoms with E-state index in [4.69, 9.17) is 4.74 Å². The van der Waals surface area contributed by atoms with Crippen LogP contribution in [-0.4, -0.2) is 37.2 Å². The first-order valence-electron chi connectivity index (χ1n) is 6.52. The highest BCUT2D eigenvalue weighted by Gasteiger charge is 2.42. The van der Waals surface area contributed by atoms with Gasteiger partial charge in [0.15, 0.2) is 0 Å². The smallest absolute Gasteiger partial charge is 0.393 e. The second-order valence-corrected chi connectivity index (χ2v) is 5.89. The van der Waals surface area contributed by atoms with Crippen LogP contribution in [0, 0.1) is 5.92 Å². The Hall–Kier alpha value is -1.24. The SMILES string of the molecule is COc1cc(Br)ccc1C(=O)N1CCCC(C(F)(F)F)C1. The maximum absolute atomic E-state index is 12.8. The van der Waals surface area contributed by atoms with Crippen molar-refractivity contribution in [2.24, 2.45) is 5.92 Å². The Morgan fingerprint density at radius 3 is 2.76 bits per heavy atom. The maximum atomic E-state index is 12.8. The Bertz CT molecular complexity index is 533. The highest BCUT2D eigenvalue weighted by molar-refractivity contribution is 9.10. The summed E-state index contributed by atoms with van der Waals surface area (Å²) >= 11 is 3.26. The Kier molecular flexibility index (Phi) is 4.81. The number of carbonyl (C=O) groups is 1. The molecule has 1 aromatic rings. The largest absolute Gasteiger partial charge is 0.496 e. The molecule has 3 nitrogen and oxygen atoms in total. The van der Waals surface area contributed by atoms with Gasteiger partial charge in [0.1, 0.15) is 5.75 Å². The molecule has 116 valence electrons. The number of nitrogens with zero attached hydrogens (tertiary/aromatic N) is 1. The van der Waals surface area contributed by atoms with Gasteiger partial charge in [-0.15, -0.1) is 0 Å². The van der Waals surface area contributed by atoms with Crippen LogP contribution in [0.1, 0.15) is 23.2 Å². The lowest BCUT2D eigenvalue weighted by Gasteiger charge is -2.34. The zero-order valence-corrected chi connectivity index (χ0v) is 13.0. The summed E-state index contributed by atoms with van der Waals surface area (Å²) in [6, 6.07) is 4.85. The van der Waals surface area contributed by atoms with E-state index >= 15 is 0 Å². The highest BCUT2D eigenvalue weighted by atomic mass is 79.9. The summed E-state index contributed by atoms with van der Waals surface area (Å²) in [6.45, 7) is 0.0478. The van der Waals surface area contributed by atoms with Gasteiger partial charge in [-0.1, -0.05) is 15.9 Å². The third kappa shape index (κ3) is 3.70. The molecule has 0 saturated carbocycles. The molecule has 1 heterocycles. The molecule has 0 aliphatic carbocycles. The second kappa shape index (κ2) is 6.25. The molecule has 0 spiro atoms. The van der Waals surface area contributed by atoms with Gasteiger partial charge in [0.05, 0.1) is 18.6 Å². The van der Waals surface area contributed by atoms with Gasteiger partial charge in [0, 0.05) is 17.6 Å². The number of hydrogen-bond donors (Lipinski definition) is 0. The molecular formula is C14H15BrF3NO2. The molecule has 0 bridgehead atoms. The molecule has 1 aromatic carbocycles. The maximum Gasteiger partial charge on any atom is 0.393 e. The number of methoxy groups -OCH3 is 1. The molecule has 0 radical (unpaired) electrons. The predicted octanol–water partition coefficient (Wildman–Crippen LogP) is 3.87. The summed E-state index contributed by atoms with van der Waals surface area (Å²) in [5.74, 6) is -1.52. The van der Waals surface area contributed by atoms with E-state index < -0.39 is 18.0 Å². The number of halogens is 4. The first kappa shape index (κ1) is 16.1. The average Bonchev–Trinajstić information content (AvgIpc) is 2.45. The molecule has 0 aromatic heterocycles. The van der Waals surface area contributed by atoms with Gasteiger partial charge in [-0.3, -0.25) is 4.79 Å². The number of benzene rings is 1. The summed E-state index contributed by atoms with van der Waals surface area (Å²) in [6.07, 6.45) is -3.83. The Labute approximate surface area is 129 Å². The van der Waals surface area contributed by atoms with Crippen molar-refractivity contribution < 1.29 is 22.7 Å². The van der Waals surface area contributed by atoms with Crippen molar-refractivity contribution in [3.63, 3.8) is 0 Å². The molecule has 1 atom stereocenters. The minimum Gasteiger partial charge on any atom is -0.496 e. The summed E-state index contributed by atoms with van der Waals surface area (Å²) in [4.78, 5) is 13.7. The molecule has 1 unspecified atom stereocenters. The van der Waals surface area contributed by atoms with E-state index in [-0.39, 0.29) is 18.5 Å². The predicted molar refractivity (Wildman–Crippen MR) is 75.4 cm³/mol. The normalized spacial score (nSPS) is 19.5. The Morgan fingerprint density at radius 2 is 2.14 bits per heavy atom. The third-order valence-electron chi connectivity index (χ3n) is 3.57. The van der Waals surface area contributed by atoms with Gasteiger partial charge in [-0.2, -0.15) is 13.2 Å². The topological polar surface area (TPSA) is 29.5 Å². The molecule has 1 aliphatic heterocycles. The number of ether oxygens (including phenoxy) is 1. The standard InChI is InChI=1S/C14H15BrF3NO2/c1-21-12-7-10(15)4-5-11(12)13(20)19-6-2-3-9(8-19)14(16,17)18/h4-5,7,9H,2-3,6,8H2,1H3. The van der Waals surface area contributed by atoms with E-state index in [1.54, 1.807) is 18.2 Å². The average molecular weight is 366 g/mol. The van der Waals surface area contributed by atoms with Gasteiger partial charge >= 0.3 is 6.18 Å². The Morgan fingerprint density at radius 1 is 1.43 bits per heavy atom. The van der Waals surface area contributed by atoms with Gasteiger partial charge in [-0.05, 0) is 31.0 Å². The fourth-order valence-corrected chi connectivity index (χ4v) is 2.78. The van der Waals surface area contributed by atoms with Gasteiger partial charge in [-0.25, -0.2) is 0 Å². The zero-order chi connectivity index (χ0) is 15.6. The van der Waals surface area contributed by atoms with Crippen LogP contribution in [0.4, 0.5) is 13.2 Å². The number of rotatable bonds is 2. The molecule has 1 fully saturated rings. The highest BCUT2D eigenvalue weighted by Crippen LogP contribution is 2.34. The van der Waals surface area contributed by atoms with Gasteiger partial charge in [0.25, 0.3) is 5.91 Å².